The Morgan fingerprint density at radius 2 is 2.42 bits per heavy atom. The lowest BCUT2D eigenvalue weighted by Gasteiger charge is -1.96. The normalized spacial score (nSPS) is 9.92. The van der Waals surface area contributed by atoms with Gasteiger partial charge >= 0.3 is 5.97 Å². The number of esters is 1. The van der Waals surface area contributed by atoms with Gasteiger partial charge in [0.05, 0.1) is 6.61 Å². The van der Waals surface area contributed by atoms with E-state index in [-0.39, 0.29) is 5.97 Å². The summed E-state index contributed by atoms with van der Waals surface area (Å²) in [5, 5.41) is 0. The fraction of sp³-hybridized carbons (Fsp3) is 0.500. The molecule has 0 N–H and O–H groups in total. The third kappa shape index (κ3) is 1.64. The van der Waals surface area contributed by atoms with Crippen LogP contribution in [0.1, 0.15) is 22.3 Å². The molecule has 0 amide bonds. The highest BCUT2D eigenvalue weighted by atomic mass is 32.1. The molecule has 3 nitrogen and oxygen atoms in total. The van der Waals surface area contributed by atoms with E-state index >= 15 is 0 Å². The average molecular weight is 186 g/mol. The second kappa shape index (κ2) is 3.67. The van der Waals surface area contributed by atoms with Crippen molar-refractivity contribution < 1.29 is 14.1 Å². The maximum Gasteiger partial charge on any atom is 0.355 e. The molecule has 0 saturated heterocycles. The number of hydrogen-bond donors (Lipinski definition) is 0. The lowest BCUT2D eigenvalue weighted by Crippen LogP contribution is -2.28. The van der Waals surface area contributed by atoms with Crippen molar-refractivity contribution in [2.24, 2.45) is 7.05 Å². The van der Waals surface area contributed by atoms with E-state index in [9.17, 15) is 4.79 Å². The highest BCUT2D eigenvalue weighted by molar-refractivity contribution is 7.11. The van der Waals surface area contributed by atoms with E-state index < -0.39 is 0 Å². The van der Waals surface area contributed by atoms with Crippen LogP contribution < -0.4 is 4.57 Å². The first-order valence-electron chi connectivity index (χ1n) is 3.77. The van der Waals surface area contributed by atoms with Crippen LogP contribution in [-0.2, 0) is 11.8 Å². The zero-order valence-corrected chi connectivity index (χ0v) is 8.27. The van der Waals surface area contributed by atoms with Crippen LogP contribution >= 0.6 is 11.3 Å². The molecular formula is C8H12NO2S+. The molecule has 66 valence electrons. The first-order chi connectivity index (χ1) is 5.66. The molecule has 0 radical (unpaired) electrons. The number of aryl methyl sites for hydroxylation is 1. The Hall–Kier alpha value is -0.900. The van der Waals surface area contributed by atoms with Crippen LogP contribution in [-0.4, -0.2) is 12.6 Å². The van der Waals surface area contributed by atoms with E-state index in [0.717, 1.165) is 5.69 Å². The minimum absolute atomic E-state index is 0.222. The van der Waals surface area contributed by atoms with Crippen molar-refractivity contribution in [3.05, 3.63) is 16.1 Å². The summed E-state index contributed by atoms with van der Waals surface area (Å²) >= 11 is 1.41. The minimum atomic E-state index is -0.222. The van der Waals surface area contributed by atoms with Gasteiger partial charge in [0, 0.05) is 6.92 Å². The number of aromatic nitrogens is 1. The van der Waals surface area contributed by atoms with E-state index in [1.165, 1.54) is 11.3 Å². The van der Waals surface area contributed by atoms with Crippen LogP contribution in [0.5, 0.6) is 0 Å². The molecule has 1 aromatic heterocycles. The molecule has 1 heterocycles. The summed E-state index contributed by atoms with van der Waals surface area (Å²) in [5.41, 5.74) is 2.85. The van der Waals surface area contributed by atoms with Gasteiger partial charge in [-0.3, -0.25) is 0 Å². The summed E-state index contributed by atoms with van der Waals surface area (Å²) in [4.78, 5) is 11.9. The molecule has 1 rings (SSSR count). The van der Waals surface area contributed by atoms with E-state index in [4.69, 9.17) is 4.74 Å². The molecule has 1 aromatic rings. The summed E-state index contributed by atoms with van der Waals surface area (Å²) < 4.78 is 6.79. The van der Waals surface area contributed by atoms with Gasteiger partial charge in [-0.25, -0.2) is 4.79 Å². The SMILES string of the molecule is CCOC(=O)c1sc[n+](C)c1C. The van der Waals surface area contributed by atoms with E-state index in [1.54, 1.807) is 6.92 Å². The van der Waals surface area contributed by atoms with Crippen LogP contribution in [0, 0.1) is 6.92 Å². The van der Waals surface area contributed by atoms with E-state index in [2.05, 4.69) is 0 Å². The number of hydrogen-bond acceptors (Lipinski definition) is 3. The molecule has 0 saturated carbocycles. The van der Waals surface area contributed by atoms with Gasteiger partial charge in [-0.1, -0.05) is 11.3 Å². The summed E-state index contributed by atoms with van der Waals surface area (Å²) in [5.74, 6) is -0.222. The number of carbonyl (C=O) groups excluding carboxylic acids is 1. The Morgan fingerprint density at radius 3 is 2.83 bits per heavy atom. The molecular weight excluding hydrogens is 174 g/mol. The number of carbonyl (C=O) groups is 1. The molecule has 0 spiro atoms. The summed E-state index contributed by atoms with van der Waals surface area (Å²) in [6.45, 7) is 4.14. The molecule has 0 fully saturated rings. The smallest absolute Gasteiger partial charge is 0.355 e. The third-order valence-corrected chi connectivity index (χ3v) is 2.77. The largest absolute Gasteiger partial charge is 0.462 e. The second-order valence-electron chi connectivity index (χ2n) is 2.47. The Morgan fingerprint density at radius 1 is 1.75 bits per heavy atom. The van der Waals surface area contributed by atoms with Crippen molar-refractivity contribution in [1.29, 1.82) is 0 Å². The van der Waals surface area contributed by atoms with E-state index in [1.807, 2.05) is 24.0 Å². The molecule has 0 aromatic carbocycles. The Kier molecular flexibility index (Phi) is 2.81. The second-order valence-corrected chi connectivity index (χ2v) is 3.32. The molecule has 4 heteroatoms. The van der Waals surface area contributed by atoms with Gasteiger partial charge in [0.25, 0.3) is 0 Å². The lowest BCUT2D eigenvalue weighted by atomic mass is 10.4. The molecule has 0 unspecified atom stereocenters. The molecule has 0 aliphatic rings. The quantitative estimate of drug-likeness (QED) is 0.510. The van der Waals surface area contributed by atoms with Crippen LogP contribution in [0.3, 0.4) is 0 Å². The van der Waals surface area contributed by atoms with Crippen molar-refractivity contribution in [3.8, 4) is 0 Å². The monoisotopic (exact) mass is 186 g/mol. The van der Waals surface area contributed by atoms with Crippen molar-refractivity contribution in [3.63, 3.8) is 0 Å². The predicted molar refractivity (Wildman–Crippen MR) is 46.2 cm³/mol. The first kappa shape index (κ1) is 9.19. The standard InChI is InChI=1S/C8H12NO2S/c1-4-11-8(10)7-6(2)9(3)5-12-7/h5H,4H2,1-3H3/q+1. The van der Waals surface area contributed by atoms with Gasteiger partial charge in [0.15, 0.2) is 4.88 Å². The third-order valence-electron chi connectivity index (χ3n) is 1.65. The minimum Gasteiger partial charge on any atom is -0.462 e. The van der Waals surface area contributed by atoms with E-state index in [0.29, 0.717) is 11.5 Å². The summed E-state index contributed by atoms with van der Waals surface area (Å²) in [7, 11) is 1.91. The van der Waals surface area contributed by atoms with Crippen LogP contribution in [0.15, 0.2) is 5.51 Å². The van der Waals surface area contributed by atoms with Crippen molar-refractivity contribution in [2.75, 3.05) is 6.61 Å². The van der Waals surface area contributed by atoms with Crippen molar-refractivity contribution in [1.82, 2.24) is 0 Å². The predicted octanol–water partition coefficient (Wildman–Crippen LogP) is 1.06. The Labute approximate surface area is 75.6 Å². The topological polar surface area (TPSA) is 30.2 Å². The zero-order valence-electron chi connectivity index (χ0n) is 7.46. The number of thiazole rings is 1. The summed E-state index contributed by atoms with van der Waals surface area (Å²) in [6, 6.07) is 0. The number of rotatable bonds is 2. The van der Waals surface area contributed by atoms with Gasteiger partial charge in [-0.05, 0) is 6.92 Å². The average Bonchev–Trinajstić information content (AvgIpc) is 2.34. The van der Waals surface area contributed by atoms with Crippen LogP contribution in [0.4, 0.5) is 0 Å². The van der Waals surface area contributed by atoms with Crippen LogP contribution in [0.25, 0.3) is 0 Å². The van der Waals surface area contributed by atoms with Gasteiger partial charge in [-0.2, -0.15) is 4.57 Å². The van der Waals surface area contributed by atoms with Gasteiger partial charge in [0.1, 0.15) is 7.05 Å². The first-order valence-corrected chi connectivity index (χ1v) is 4.65. The lowest BCUT2D eigenvalue weighted by molar-refractivity contribution is -0.672. The van der Waals surface area contributed by atoms with Gasteiger partial charge < -0.3 is 4.74 Å². The van der Waals surface area contributed by atoms with Crippen LogP contribution in [0.2, 0.25) is 0 Å². The molecule has 0 aliphatic heterocycles. The van der Waals surface area contributed by atoms with Gasteiger partial charge in [0.2, 0.25) is 11.2 Å². The summed E-state index contributed by atoms with van der Waals surface area (Å²) in [6.07, 6.45) is 0. The maximum absolute atomic E-state index is 11.3. The molecule has 0 aliphatic carbocycles. The maximum atomic E-state index is 11.3. The number of nitrogens with zero attached hydrogens (tertiary/aromatic N) is 1. The highest BCUT2D eigenvalue weighted by Gasteiger charge is 2.19. The molecule has 0 atom stereocenters. The Bertz CT molecular complexity index is 293. The molecule has 0 bridgehead atoms. The molecule has 12 heavy (non-hydrogen) atoms. The Balaban J connectivity index is 2.88. The van der Waals surface area contributed by atoms with Crippen molar-refractivity contribution >= 4 is 17.3 Å². The fourth-order valence-corrected chi connectivity index (χ4v) is 1.74. The van der Waals surface area contributed by atoms with Gasteiger partial charge in [-0.15, -0.1) is 0 Å². The highest BCUT2D eigenvalue weighted by Crippen LogP contribution is 2.11. The fourth-order valence-electron chi connectivity index (χ4n) is 0.849. The van der Waals surface area contributed by atoms with Crippen molar-refractivity contribution in [2.45, 2.75) is 13.8 Å². The zero-order chi connectivity index (χ0) is 9.14. The number of ether oxygens (including phenoxy) is 1.